The molecule has 6 atom stereocenters. The first-order valence-corrected chi connectivity index (χ1v) is 13.0. The fourth-order valence-electron chi connectivity index (χ4n) is 6.51. The number of carbonyl (C=O) groups is 3. The molecule has 2 aromatic carbocycles. The summed E-state index contributed by atoms with van der Waals surface area (Å²) < 4.78 is 6.45. The molecule has 8 nitrogen and oxygen atoms in total. The summed E-state index contributed by atoms with van der Waals surface area (Å²) in [6.07, 6.45) is 1.54. The van der Waals surface area contributed by atoms with Crippen molar-refractivity contribution in [1.29, 1.82) is 0 Å². The van der Waals surface area contributed by atoms with Crippen molar-refractivity contribution in [2.75, 3.05) is 18.5 Å². The molecule has 192 valence electrons. The van der Waals surface area contributed by atoms with Gasteiger partial charge in [0, 0.05) is 12.2 Å². The number of benzene rings is 2. The molecule has 3 heterocycles. The van der Waals surface area contributed by atoms with E-state index >= 15 is 0 Å². The van der Waals surface area contributed by atoms with Gasteiger partial charge in [-0.3, -0.25) is 14.4 Å². The molecule has 3 fully saturated rings. The van der Waals surface area contributed by atoms with Gasteiger partial charge < -0.3 is 25.4 Å². The van der Waals surface area contributed by atoms with Crippen LogP contribution in [0.5, 0.6) is 0 Å². The first-order valence-electron chi connectivity index (χ1n) is 13.0. The van der Waals surface area contributed by atoms with Crippen molar-refractivity contribution >= 4 is 34.2 Å². The number of hydrogen-bond acceptors (Lipinski definition) is 5. The molecule has 3 aliphatic heterocycles. The Balaban J connectivity index is 1.52. The highest BCUT2D eigenvalue weighted by Crippen LogP contribution is 2.59. The molecule has 8 heteroatoms. The van der Waals surface area contributed by atoms with E-state index in [1.54, 1.807) is 0 Å². The van der Waals surface area contributed by atoms with Crippen LogP contribution in [-0.2, 0) is 19.1 Å². The lowest BCUT2D eigenvalue weighted by atomic mass is 9.70. The Labute approximate surface area is 211 Å². The van der Waals surface area contributed by atoms with E-state index in [0.717, 1.165) is 17.2 Å². The predicted molar refractivity (Wildman–Crippen MR) is 136 cm³/mol. The highest BCUT2D eigenvalue weighted by Gasteiger charge is 2.75. The number of aliphatic hydroxyl groups is 1. The van der Waals surface area contributed by atoms with Gasteiger partial charge in [-0.1, -0.05) is 51.1 Å². The third-order valence-electron chi connectivity index (χ3n) is 8.17. The highest BCUT2D eigenvalue weighted by molar-refractivity contribution is 6.04. The molecule has 2 unspecified atom stereocenters. The van der Waals surface area contributed by atoms with Crippen molar-refractivity contribution in [3.8, 4) is 0 Å². The summed E-state index contributed by atoms with van der Waals surface area (Å²) in [6, 6.07) is 12.1. The Morgan fingerprint density at radius 3 is 2.61 bits per heavy atom. The van der Waals surface area contributed by atoms with Crippen molar-refractivity contribution in [2.45, 2.75) is 63.8 Å². The molecule has 1 spiro atoms. The topological polar surface area (TPSA) is 108 Å². The molecule has 36 heavy (non-hydrogen) atoms. The van der Waals surface area contributed by atoms with Crippen LogP contribution in [-0.4, -0.2) is 64.7 Å². The van der Waals surface area contributed by atoms with Crippen molar-refractivity contribution in [3.63, 3.8) is 0 Å². The van der Waals surface area contributed by atoms with Gasteiger partial charge in [-0.25, -0.2) is 0 Å². The van der Waals surface area contributed by atoms with E-state index in [1.165, 1.54) is 4.90 Å². The zero-order chi connectivity index (χ0) is 25.6. The maximum atomic E-state index is 14.0. The van der Waals surface area contributed by atoms with Gasteiger partial charge in [0.15, 0.2) is 0 Å². The third kappa shape index (κ3) is 3.78. The molecule has 0 aromatic heterocycles. The van der Waals surface area contributed by atoms with Gasteiger partial charge in [-0.2, -0.15) is 0 Å². The van der Waals surface area contributed by atoms with Crippen LogP contribution in [0.3, 0.4) is 0 Å². The first kappa shape index (κ1) is 24.7. The first-order chi connectivity index (χ1) is 17.3. The summed E-state index contributed by atoms with van der Waals surface area (Å²) in [4.78, 5) is 42.6. The molecular weight excluding hydrogens is 458 g/mol. The van der Waals surface area contributed by atoms with Crippen LogP contribution in [0.2, 0.25) is 0 Å². The number of hydrogen-bond donors (Lipinski definition) is 3. The quantitative estimate of drug-likeness (QED) is 0.524. The molecule has 5 rings (SSSR count). The van der Waals surface area contributed by atoms with Gasteiger partial charge >= 0.3 is 0 Å². The summed E-state index contributed by atoms with van der Waals surface area (Å²) in [5, 5.41) is 18.3. The number of carbonyl (C=O) groups excluding carboxylic acids is 3. The largest absolute Gasteiger partial charge is 0.394 e. The maximum absolute atomic E-state index is 14.0. The number of likely N-dealkylation sites (tertiary alicyclic amines) is 1. The van der Waals surface area contributed by atoms with Crippen molar-refractivity contribution < 1.29 is 24.2 Å². The number of fused-ring (bicyclic) bond motifs is 2. The van der Waals surface area contributed by atoms with E-state index in [-0.39, 0.29) is 36.4 Å². The minimum absolute atomic E-state index is 0.0882. The fraction of sp³-hybridized carbons (Fsp3) is 0.536. The third-order valence-corrected chi connectivity index (χ3v) is 8.17. The van der Waals surface area contributed by atoms with Crippen LogP contribution in [0.4, 0.5) is 5.69 Å². The maximum Gasteiger partial charge on any atom is 0.250 e. The second-order valence-corrected chi connectivity index (χ2v) is 10.6. The zero-order valence-electron chi connectivity index (χ0n) is 21.1. The van der Waals surface area contributed by atoms with Gasteiger partial charge in [0.2, 0.25) is 17.7 Å². The Hall–Kier alpha value is -2.97. The number of nitrogens with one attached hydrogen (secondary N) is 2. The minimum Gasteiger partial charge on any atom is -0.394 e. The molecule has 3 N–H and O–H groups in total. The van der Waals surface area contributed by atoms with E-state index < -0.39 is 29.5 Å². The van der Waals surface area contributed by atoms with E-state index in [1.807, 2.05) is 63.2 Å². The number of nitrogens with zero attached hydrogens (tertiary/aromatic N) is 1. The Morgan fingerprint density at radius 1 is 1.17 bits per heavy atom. The molecule has 3 aliphatic rings. The molecule has 3 saturated heterocycles. The molecular formula is C28H35N3O5. The van der Waals surface area contributed by atoms with Crippen LogP contribution in [0.25, 0.3) is 10.8 Å². The zero-order valence-corrected chi connectivity index (χ0v) is 21.1. The second-order valence-electron chi connectivity index (χ2n) is 10.6. The molecule has 3 amide bonds. The smallest absolute Gasteiger partial charge is 0.250 e. The Morgan fingerprint density at radius 2 is 1.92 bits per heavy atom. The van der Waals surface area contributed by atoms with E-state index in [2.05, 4.69) is 10.6 Å². The van der Waals surface area contributed by atoms with Gasteiger partial charge in [-0.05, 0) is 48.1 Å². The van der Waals surface area contributed by atoms with Crippen LogP contribution in [0.1, 0.15) is 40.0 Å². The summed E-state index contributed by atoms with van der Waals surface area (Å²) in [5.41, 5.74) is -0.458. The van der Waals surface area contributed by atoms with Gasteiger partial charge in [-0.15, -0.1) is 0 Å². The SMILES string of the molecule is CCCNC(=O)[C@@H]1[C@H]2C(=O)N([C@@H](CO)C(C)C)C(C(=O)Nc3ccc4ccccc4c3)C23CC[C@H]1O3. The number of amides is 3. The standard InChI is InChI=1S/C28H35N3O5/c1-4-13-29-25(33)22-21-11-12-28(36-21)23(22)27(35)31(20(15-32)16(2)3)24(28)26(34)30-19-10-9-17-7-5-6-8-18(17)14-19/h5-10,14,16,20-24,32H,4,11-13,15H2,1-3H3,(H,29,33)(H,30,34)/t20-,21+,22-,23-,24?,28?/m0/s1. The normalized spacial score (nSPS) is 29.6. The molecule has 0 aliphatic carbocycles. The van der Waals surface area contributed by atoms with Gasteiger partial charge in [0.25, 0.3) is 0 Å². The Kier molecular flexibility index (Phi) is 6.51. The average molecular weight is 494 g/mol. The lowest BCUT2D eigenvalue weighted by Crippen LogP contribution is -2.57. The molecule has 0 saturated carbocycles. The van der Waals surface area contributed by atoms with Crippen molar-refractivity contribution in [2.24, 2.45) is 17.8 Å². The number of rotatable bonds is 8. The van der Waals surface area contributed by atoms with Crippen LogP contribution < -0.4 is 10.6 Å². The summed E-state index contributed by atoms with van der Waals surface area (Å²) in [6.45, 7) is 6.06. The van der Waals surface area contributed by atoms with Crippen LogP contribution >= 0.6 is 0 Å². The van der Waals surface area contributed by atoms with Gasteiger partial charge in [0.1, 0.15) is 11.6 Å². The fourth-order valence-corrected chi connectivity index (χ4v) is 6.51. The minimum atomic E-state index is -1.08. The molecule has 2 aromatic rings. The van der Waals surface area contributed by atoms with E-state index in [0.29, 0.717) is 25.1 Å². The lowest BCUT2D eigenvalue weighted by molar-refractivity contribution is -0.145. The molecule has 2 bridgehead atoms. The monoisotopic (exact) mass is 493 g/mol. The average Bonchev–Trinajstić information content (AvgIpc) is 3.50. The van der Waals surface area contributed by atoms with E-state index in [4.69, 9.17) is 4.74 Å². The lowest BCUT2D eigenvalue weighted by Gasteiger charge is -2.38. The number of aliphatic hydroxyl groups excluding tert-OH is 1. The van der Waals surface area contributed by atoms with Crippen LogP contribution in [0.15, 0.2) is 42.5 Å². The summed E-state index contributed by atoms with van der Waals surface area (Å²) >= 11 is 0. The molecule has 0 radical (unpaired) electrons. The van der Waals surface area contributed by atoms with Gasteiger partial charge in [0.05, 0.1) is 30.6 Å². The summed E-state index contributed by atoms with van der Waals surface area (Å²) in [5.74, 6) is -2.29. The van der Waals surface area contributed by atoms with Crippen molar-refractivity contribution in [3.05, 3.63) is 42.5 Å². The number of ether oxygens (including phenoxy) is 1. The van der Waals surface area contributed by atoms with Crippen molar-refractivity contribution in [1.82, 2.24) is 10.2 Å². The second kappa shape index (κ2) is 9.48. The van der Waals surface area contributed by atoms with E-state index in [9.17, 15) is 19.5 Å². The van der Waals surface area contributed by atoms with Crippen LogP contribution in [0, 0.1) is 17.8 Å². The summed E-state index contributed by atoms with van der Waals surface area (Å²) in [7, 11) is 0. The predicted octanol–water partition coefficient (Wildman–Crippen LogP) is 2.70. The Bertz CT molecular complexity index is 1180. The highest BCUT2D eigenvalue weighted by atomic mass is 16.5. The number of anilines is 1.